The standard InChI is InChI=1S/C13H11ClF3N3O/c1-21-12-9(18)4-5-11(20-12)19-10-6-7(13(15,16)17)2-3-8(10)14/h2-6H,18H2,1H3,(H,19,20). The van der Waals surface area contributed by atoms with Crippen LogP contribution in [0.2, 0.25) is 5.02 Å². The first-order valence-electron chi connectivity index (χ1n) is 5.75. The number of ether oxygens (including phenoxy) is 1. The van der Waals surface area contributed by atoms with Crippen molar-refractivity contribution in [2.24, 2.45) is 0 Å². The molecule has 3 N–H and O–H groups in total. The predicted octanol–water partition coefficient (Wildman–Crippen LogP) is 4.09. The van der Waals surface area contributed by atoms with Crippen molar-refractivity contribution in [2.75, 3.05) is 18.2 Å². The lowest BCUT2D eigenvalue weighted by molar-refractivity contribution is -0.137. The molecule has 0 aliphatic carbocycles. The molecule has 0 saturated carbocycles. The van der Waals surface area contributed by atoms with Crippen molar-refractivity contribution in [2.45, 2.75) is 6.18 Å². The molecule has 0 spiro atoms. The van der Waals surface area contributed by atoms with Gasteiger partial charge in [0.15, 0.2) is 0 Å². The lowest BCUT2D eigenvalue weighted by atomic mass is 10.2. The van der Waals surface area contributed by atoms with Gasteiger partial charge in [-0.3, -0.25) is 0 Å². The molecule has 0 aliphatic heterocycles. The van der Waals surface area contributed by atoms with Gasteiger partial charge in [0.25, 0.3) is 0 Å². The van der Waals surface area contributed by atoms with Gasteiger partial charge < -0.3 is 15.8 Å². The first kappa shape index (κ1) is 15.2. The zero-order valence-electron chi connectivity index (χ0n) is 10.8. The summed E-state index contributed by atoms with van der Waals surface area (Å²) in [6.45, 7) is 0. The van der Waals surface area contributed by atoms with E-state index >= 15 is 0 Å². The second kappa shape index (κ2) is 5.69. The summed E-state index contributed by atoms with van der Waals surface area (Å²) < 4.78 is 43.0. The van der Waals surface area contributed by atoms with Gasteiger partial charge in [0.1, 0.15) is 5.82 Å². The zero-order valence-corrected chi connectivity index (χ0v) is 11.6. The number of hydrogen-bond acceptors (Lipinski definition) is 4. The van der Waals surface area contributed by atoms with Gasteiger partial charge in [-0.15, -0.1) is 0 Å². The Kier molecular flexibility index (Phi) is 4.13. The molecule has 0 unspecified atom stereocenters. The molecule has 0 aliphatic rings. The quantitative estimate of drug-likeness (QED) is 0.895. The third-order valence-corrected chi connectivity index (χ3v) is 2.97. The average Bonchev–Trinajstić information content (AvgIpc) is 2.42. The number of rotatable bonds is 3. The van der Waals surface area contributed by atoms with Crippen molar-refractivity contribution in [3.63, 3.8) is 0 Å². The Balaban J connectivity index is 2.35. The number of halogens is 4. The fourth-order valence-electron chi connectivity index (χ4n) is 1.62. The third-order valence-electron chi connectivity index (χ3n) is 2.64. The van der Waals surface area contributed by atoms with Crippen LogP contribution >= 0.6 is 11.6 Å². The fourth-order valence-corrected chi connectivity index (χ4v) is 1.78. The lowest BCUT2D eigenvalue weighted by Crippen LogP contribution is -2.06. The molecular formula is C13H11ClF3N3O. The number of benzene rings is 1. The molecule has 1 aromatic heterocycles. The highest BCUT2D eigenvalue weighted by atomic mass is 35.5. The van der Waals surface area contributed by atoms with Gasteiger partial charge in [-0.25, -0.2) is 0 Å². The Morgan fingerprint density at radius 2 is 1.95 bits per heavy atom. The Hall–Kier alpha value is -2.15. The van der Waals surface area contributed by atoms with Crippen LogP contribution in [0, 0.1) is 0 Å². The highest BCUT2D eigenvalue weighted by Crippen LogP contribution is 2.35. The third kappa shape index (κ3) is 3.49. The molecule has 0 fully saturated rings. The van der Waals surface area contributed by atoms with Crippen molar-refractivity contribution in [1.29, 1.82) is 0 Å². The van der Waals surface area contributed by atoms with Crippen LogP contribution in [0.3, 0.4) is 0 Å². The molecule has 0 radical (unpaired) electrons. The molecule has 21 heavy (non-hydrogen) atoms. The number of nitrogens with two attached hydrogens (primary N) is 1. The number of anilines is 3. The number of alkyl halides is 3. The molecule has 4 nitrogen and oxygen atoms in total. The van der Waals surface area contributed by atoms with Gasteiger partial charge in [0, 0.05) is 0 Å². The summed E-state index contributed by atoms with van der Waals surface area (Å²) in [5, 5.41) is 2.85. The molecule has 2 aromatic rings. The Morgan fingerprint density at radius 3 is 2.57 bits per heavy atom. The molecule has 1 aromatic carbocycles. The highest BCUT2D eigenvalue weighted by molar-refractivity contribution is 6.33. The van der Waals surface area contributed by atoms with Crippen molar-refractivity contribution in [3.05, 3.63) is 40.9 Å². The Morgan fingerprint density at radius 1 is 1.24 bits per heavy atom. The lowest BCUT2D eigenvalue weighted by Gasteiger charge is -2.13. The predicted molar refractivity (Wildman–Crippen MR) is 74.9 cm³/mol. The second-order valence-electron chi connectivity index (χ2n) is 4.11. The van der Waals surface area contributed by atoms with Crippen LogP contribution in [-0.2, 0) is 6.18 Å². The zero-order chi connectivity index (χ0) is 15.6. The van der Waals surface area contributed by atoms with E-state index in [1.165, 1.54) is 25.3 Å². The summed E-state index contributed by atoms with van der Waals surface area (Å²) in [6.07, 6.45) is -4.45. The van der Waals surface area contributed by atoms with E-state index < -0.39 is 11.7 Å². The summed E-state index contributed by atoms with van der Waals surface area (Å²) in [7, 11) is 1.39. The molecule has 8 heteroatoms. The molecule has 1 heterocycles. The minimum absolute atomic E-state index is 0.0887. The van der Waals surface area contributed by atoms with E-state index in [2.05, 4.69) is 10.3 Å². The van der Waals surface area contributed by atoms with Crippen molar-refractivity contribution in [3.8, 4) is 5.88 Å². The van der Waals surface area contributed by atoms with Crippen LogP contribution in [-0.4, -0.2) is 12.1 Å². The van der Waals surface area contributed by atoms with Crippen molar-refractivity contribution in [1.82, 2.24) is 4.98 Å². The summed E-state index contributed by atoms with van der Waals surface area (Å²) >= 11 is 5.89. The smallest absolute Gasteiger partial charge is 0.416 e. The van der Waals surface area contributed by atoms with Crippen LogP contribution in [0.25, 0.3) is 0 Å². The van der Waals surface area contributed by atoms with Crippen LogP contribution in [0.15, 0.2) is 30.3 Å². The van der Waals surface area contributed by atoms with E-state index in [-0.39, 0.29) is 22.4 Å². The molecule has 2 rings (SSSR count). The van der Waals surface area contributed by atoms with E-state index in [1.54, 1.807) is 0 Å². The van der Waals surface area contributed by atoms with E-state index in [0.717, 1.165) is 12.1 Å². The topological polar surface area (TPSA) is 60.2 Å². The molecular weight excluding hydrogens is 307 g/mol. The maximum absolute atomic E-state index is 12.7. The number of pyridine rings is 1. The van der Waals surface area contributed by atoms with Gasteiger partial charge in [-0.2, -0.15) is 18.2 Å². The molecule has 112 valence electrons. The minimum Gasteiger partial charge on any atom is -0.479 e. The van der Waals surface area contributed by atoms with Crippen molar-refractivity contribution < 1.29 is 17.9 Å². The summed E-state index contributed by atoms with van der Waals surface area (Å²) in [4.78, 5) is 4.02. The van der Waals surface area contributed by atoms with Crippen LogP contribution in [0.5, 0.6) is 5.88 Å². The minimum atomic E-state index is -4.45. The van der Waals surface area contributed by atoms with Gasteiger partial charge in [0.2, 0.25) is 5.88 Å². The van der Waals surface area contributed by atoms with E-state index in [9.17, 15) is 13.2 Å². The molecule has 0 amide bonds. The van der Waals surface area contributed by atoms with Gasteiger partial charge >= 0.3 is 6.18 Å². The maximum Gasteiger partial charge on any atom is 0.416 e. The fraction of sp³-hybridized carbons (Fsp3) is 0.154. The summed E-state index contributed by atoms with van der Waals surface area (Å²) in [6, 6.07) is 6.02. The van der Waals surface area contributed by atoms with E-state index in [0.29, 0.717) is 5.69 Å². The number of nitrogens with one attached hydrogen (secondary N) is 1. The summed E-state index contributed by atoms with van der Waals surface area (Å²) in [5.74, 6) is 0.436. The largest absolute Gasteiger partial charge is 0.479 e. The first-order chi connectivity index (χ1) is 9.81. The SMILES string of the molecule is COc1nc(Nc2cc(C(F)(F)F)ccc2Cl)ccc1N. The number of hydrogen-bond donors (Lipinski definition) is 2. The normalized spacial score (nSPS) is 11.3. The number of aromatic nitrogens is 1. The van der Waals surface area contributed by atoms with E-state index in [4.69, 9.17) is 22.1 Å². The number of methoxy groups -OCH3 is 1. The Labute approximate surface area is 123 Å². The van der Waals surface area contributed by atoms with Gasteiger partial charge in [0.05, 0.1) is 29.1 Å². The average molecular weight is 318 g/mol. The maximum atomic E-state index is 12.7. The summed E-state index contributed by atoms with van der Waals surface area (Å²) in [5.41, 5.74) is 5.21. The number of nitrogen functional groups attached to an aromatic ring is 1. The van der Waals surface area contributed by atoms with Crippen LogP contribution in [0.1, 0.15) is 5.56 Å². The van der Waals surface area contributed by atoms with Crippen LogP contribution in [0.4, 0.5) is 30.4 Å². The van der Waals surface area contributed by atoms with Gasteiger partial charge in [-0.1, -0.05) is 11.6 Å². The molecule has 0 bridgehead atoms. The van der Waals surface area contributed by atoms with Gasteiger partial charge in [-0.05, 0) is 30.3 Å². The Bertz CT molecular complexity index is 662. The van der Waals surface area contributed by atoms with Crippen LogP contribution < -0.4 is 15.8 Å². The van der Waals surface area contributed by atoms with E-state index in [1.807, 2.05) is 0 Å². The molecule has 0 atom stereocenters. The van der Waals surface area contributed by atoms with Crippen molar-refractivity contribution >= 4 is 28.8 Å². The number of nitrogens with zero attached hydrogens (tertiary/aromatic N) is 1. The highest BCUT2D eigenvalue weighted by Gasteiger charge is 2.31. The first-order valence-corrected chi connectivity index (χ1v) is 6.13. The molecule has 0 saturated heterocycles. The second-order valence-corrected chi connectivity index (χ2v) is 4.52. The monoisotopic (exact) mass is 317 g/mol.